The number of rotatable bonds is 4. The lowest BCUT2D eigenvalue weighted by atomic mass is 9.95. The van der Waals surface area contributed by atoms with Gasteiger partial charge in [0.15, 0.2) is 17.5 Å². The van der Waals surface area contributed by atoms with Crippen molar-refractivity contribution in [2.24, 2.45) is 5.92 Å². The third-order valence-corrected chi connectivity index (χ3v) is 3.46. The second kappa shape index (κ2) is 6.52. The van der Waals surface area contributed by atoms with E-state index in [9.17, 15) is 14.4 Å². The van der Waals surface area contributed by atoms with Crippen LogP contribution in [0.5, 0.6) is 0 Å². The number of carbonyl (C=O) groups excluding carboxylic acids is 3. The smallest absolute Gasteiger partial charge is 0.329 e. The van der Waals surface area contributed by atoms with Crippen LogP contribution in [0.25, 0.3) is 6.08 Å². The van der Waals surface area contributed by atoms with Crippen LogP contribution in [-0.2, 0) is 19.1 Å². The summed E-state index contributed by atoms with van der Waals surface area (Å²) in [6.07, 6.45) is 4.02. The summed E-state index contributed by atoms with van der Waals surface area (Å²) < 4.78 is 4.83. The normalized spacial score (nSPS) is 18.5. The number of cyclic esters (lactones) is 1. The highest BCUT2D eigenvalue weighted by Gasteiger charge is 2.36. The molecule has 1 aliphatic rings. The van der Waals surface area contributed by atoms with Crippen LogP contribution in [0, 0.1) is 5.92 Å². The van der Waals surface area contributed by atoms with Crippen LogP contribution in [0.4, 0.5) is 0 Å². The van der Waals surface area contributed by atoms with Crippen molar-refractivity contribution in [3.63, 3.8) is 0 Å². The second-order valence-corrected chi connectivity index (χ2v) is 5.57. The third-order valence-electron chi connectivity index (χ3n) is 3.46. The average Bonchev–Trinajstić information content (AvgIpc) is 2.44. The fraction of sp³-hybridized carbons (Fsp3) is 0.278. The van der Waals surface area contributed by atoms with Gasteiger partial charge in [-0.25, -0.2) is 0 Å². The minimum Gasteiger partial charge on any atom is -0.430 e. The lowest BCUT2D eigenvalue weighted by Crippen LogP contribution is -2.34. The predicted molar refractivity (Wildman–Crippen MR) is 82.9 cm³/mol. The molecule has 0 saturated carbocycles. The lowest BCUT2D eigenvalue weighted by Gasteiger charge is -2.15. The molecule has 4 heteroatoms. The van der Waals surface area contributed by atoms with Gasteiger partial charge in [-0.1, -0.05) is 44.2 Å². The largest absolute Gasteiger partial charge is 0.430 e. The molecule has 22 heavy (non-hydrogen) atoms. The monoisotopic (exact) mass is 298 g/mol. The molecule has 0 aromatic heterocycles. The number of allylic oxidation sites excluding steroid dienone is 3. The summed E-state index contributed by atoms with van der Waals surface area (Å²) in [7, 11) is 0. The lowest BCUT2D eigenvalue weighted by molar-refractivity contribution is -0.151. The zero-order chi connectivity index (χ0) is 16.3. The molecule has 1 heterocycles. The first-order chi connectivity index (χ1) is 10.4. The van der Waals surface area contributed by atoms with Crippen molar-refractivity contribution in [3.05, 3.63) is 53.3 Å². The molecule has 114 valence electrons. The first-order valence-corrected chi connectivity index (χ1v) is 7.14. The van der Waals surface area contributed by atoms with Crippen LogP contribution >= 0.6 is 0 Å². The minimum absolute atomic E-state index is 0.215. The SMILES string of the molecule is CC1=CC(=O)[C@@H](C(=O)/C=C/c2ccc(C(C)C)cc2)C(=O)O1. The van der Waals surface area contributed by atoms with Crippen molar-refractivity contribution in [1.82, 2.24) is 0 Å². The van der Waals surface area contributed by atoms with Gasteiger partial charge in [0.2, 0.25) is 0 Å². The summed E-state index contributed by atoms with van der Waals surface area (Å²) in [6.45, 7) is 5.71. The zero-order valence-electron chi connectivity index (χ0n) is 12.8. The first-order valence-electron chi connectivity index (χ1n) is 7.14. The molecule has 0 bridgehead atoms. The Kier molecular flexibility index (Phi) is 4.71. The standard InChI is InChI=1S/C18H18O4/c1-11(2)14-7-4-13(5-8-14)6-9-15(19)17-16(20)10-12(3)22-18(17)21/h4-11,17H,1-3H3/b9-6+/t17-/m1/s1. The Morgan fingerprint density at radius 3 is 2.36 bits per heavy atom. The summed E-state index contributed by atoms with van der Waals surface area (Å²) in [4.78, 5) is 35.4. The quantitative estimate of drug-likeness (QED) is 0.487. The third kappa shape index (κ3) is 3.58. The highest BCUT2D eigenvalue weighted by atomic mass is 16.5. The van der Waals surface area contributed by atoms with Gasteiger partial charge < -0.3 is 4.74 Å². The molecule has 0 aliphatic carbocycles. The molecule has 0 fully saturated rings. The maximum Gasteiger partial charge on any atom is 0.329 e. The second-order valence-electron chi connectivity index (χ2n) is 5.57. The Bertz CT molecular complexity index is 663. The van der Waals surface area contributed by atoms with Crippen LogP contribution in [0.3, 0.4) is 0 Å². The molecule has 1 atom stereocenters. The fourth-order valence-corrected chi connectivity index (χ4v) is 2.17. The molecule has 0 N–H and O–H groups in total. The van der Waals surface area contributed by atoms with Crippen molar-refractivity contribution in [2.75, 3.05) is 0 Å². The summed E-state index contributed by atoms with van der Waals surface area (Å²) in [5, 5.41) is 0. The van der Waals surface area contributed by atoms with Crippen LogP contribution in [0.2, 0.25) is 0 Å². The van der Waals surface area contributed by atoms with Gasteiger partial charge in [0, 0.05) is 6.08 Å². The summed E-state index contributed by atoms with van der Waals surface area (Å²) in [6, 6.07) is 7.76. The molecular formula is C18H18O4. The number of esters is 1. The van der Waals surface area contributed by atoms with Gasteiger partial charge in [-0.15, -0.1) is 0 Å². The van der Waals surface area contributed by atoms with Crippen molar-refractivity contribution < 1.29 is 19.1 Å². The number of hydrogen-bond donors (Lipinski definition) is 0. The number of ketones is 2. The summed E-state index contributed by atoms with van der Waals surface area (Å²) >= 11 is 0. The summed E-state index contributed by atoms with van der Waals surface area (Å²) in [5.41, 5.74) is 2.04. The van der Waals surface area contributed by atoms with Crippen molar-refractivity contribution >= 4 is 23.6 Å². The number of ether oxygens (including phenoxy) is 1. The van der Waals surface area contributed by atoms with E-state index in [4.69, 9.17) is 4.74 Å². The molecule has 1 aromatic carbocycles. The molecule has 0 radical (unpaired) electrons. The van der Waals surface area contributed by atoms with E-state index in [0.29, 0.717) is 5.92 Å². The minimum atomic E-state index is -1.38. The van der Waals surface area contributed by atoms with Crippen LogP contribution in [-0.4, -0.2) is 17.5 Å². The van der Waals surface area contributed by atoms with Gasteiger partial charge in [0.25, 0.3) is 0 Å². The van der Waals surface area contributed by atoms with E-state index in [-0.39, 0.29) is 5.76 Å². The molecular weight excluding hydrogens is 280 g/mol. The van der Waals surface area contributed by atoms with E-state index in [1.807, 2.05) is 24.3 Å². The molecule has 1 aromatic rings. The van der Waals surface area contributed by atoms with Crippen molar-refractivity contribution in [1.29, 1.82) is 0 Å². The Morgan fingerprint density at radius 1 is 1.18 bits per heavy atom. The van der Waals surface area contributed by atoms with Crippen LogP contribution in [0.1, 0.15) is 37.8 Å². The van der Waals surface area contributed by atoms with Gasteiger partial charge in [-0.3, -0.25) is 14.4 Å². The van der Waals surface area contributed by atoms with E-state index < -0.39 is 23.5 Å². The topological polar surface area (TPSA) is 60.4 Å². The molecule has 0 saturated heterocycles. The van der Waals surface area contributed by atoms with Gasteiger partial charge >= 0.3 is 5.97 Å². The van der Waals surface area contributed by atoms with Gasteiger partial charge in [-0.05, 0) is 30.0 Å². The highest BCUT2D eigenvalue weighted by Crippen LogP contribution is 2.18. The van der Waals surface area contributed by atoms with E-state index in [2.05, 4.69) is 13.8 Å². The van der Waals surface area contributed by atoms with Gasteiger partial charge in [-0.2, -0.15) is 0 Å². The molecule has 1 aliphatic heterocycles. The average molecular weight is 298 g/mol. The molecule has 4 nitrogen and oxygen atoms in total. The van der Waals surface area contributed by atoms with Gasteiger partial charge in [0.05, 0.1) is 0 Å². The van der Waals surface area contributed by atoms with Crippen molar-refractivity contribution in [2.45, 2.75) is 26.7 Å². The van der Waals surface area contributed by atoms with Crippen molar-refractivity contribution in [3.8, 4) is 0 Å². The van der Waals surface area contributed by atoms with Crippen LogP contribution < -0.4 is 0 Å². The highest BCUT2D eigenvalue weighted by molar-refractivity contribution is 6.25. The Morgan fingerprint density at radius 2 is 1.82 bits per heavy atom. The number of benzene rings is 1. The zero-order valence-corrected chi connectivity index (χ0v) is 12.8. The molecule has 0 spiro atoms. The van der Waals surface area contributed by atoms with E-state index >= 15 is 0 Å². The van der Waals surface area contributed by atoms with E-state index in [0.717, 1.165) is 5.56 Å². The Balaban J connectivity index is 2.11. The number of carbonyl (C=O) groups is 3. The first kappa shape index (κ1) is 15.9. The fourth-order valence-electron chi connectivity index (χ4n) is 2.17. The Labute approximate surface area is 129 Å². The number of hydrogen-bond acceptors (Lipinski definition) is 4. The van der Waals surface area contributed by atoms with E-state index in [1.165, 1.54) is 24.6 Å². The maximum atomic E-state index is 12.0. The van der Waals surface area contributed by atoms with E-state index in [1.54, 1.807) is 6.08 Å². The molecule has 2 rings (SSSR count). The Hall–Kier alpha value is -2.49. The van der Waals surface area contributed by atoms with Gasteiger partial charge in [0.1, 0.15) is 5.76 Å². The molecule has 0 amide bonds. The molecule has 0 unspecified atom stereocenters. The van der Waals surface area contributed by atoms with Crippen LogP contribution in [0.15, 0.2) is 42.2 Å². The maximum absolute atomic E-state index is 12.0. The predicted octanol–water partition coefficient (Wildman–Crippen LogP) is 3.04. The summed E-state index contributed by atoms with van der Waals surface area (Å²) in [5.74, 6) is -2.63.